The van der Waals surface area contributed by atoms with E-state index in [1.54, 1.807) is 0 Å². The molecule has 3 heteroatoms. The van der Waals surface area contributed by atoms with Crippen LogP contribution in [-0.4, -0.2) is 32.3 Å². The summed E-state index contributed by atoms with van der Waals surface area (Å²) in [4.78, 5) is 0. The van der Waals surface area contributed by atoms with Gasteiger partial charge in [-0.3, -0.25) is 0 Å². The van der Waals surface area contributed by atoms with Crippen molar-refractivity contribution in [3.05, 3.63) is 47.5 Å². The van der Waals surface area contributed by atoms with Crippen LogP contribution in [0.1, 0.15) is 39.2 Å². The Hall–Kier alpha value is -1.19. The Morgan fingerprint density at radius 2 is 1.83 bits per heavy atom. The first-order valence-corrected chi connectivity index (χ1v) is 11.6. The molecule has 0 aliphatic carbocycles. The maximum Gasteiger partial charge on any atom is 0.191 e. The van der Waals surface area contributed by atoms with E-state index in [0.717, 1.165) is 32.5 Å². The fraction of sp³-hybridized carbons (Fsp3) is 0.550. The van der Waals surface area contributed by atoms with Crippen LogP contribution in [0, 0.1) is 0 Å². The van der Waals surface area contributed by atoms with Crippen molar-refractivity contribution in [1.29, 1.82) is 0 Å². The molecule has 0 N–H and O–H groups in total. The third-order valence-corrected chi connectivity index (χ3v) is 9.60. The molecule has 1 aromatic rings. The Morgan fingerprint density at radius 1 is 1.13 bits per heavy atom. The van der Waals surface area contributed by atoms with Gasteiger partial charge >= 0.3 is 0 Å². The molecule has 1 aliphatic rings. The van der Waals surface area contributed by atoms with Crippen molar-refractivity contribution < 1.29 is 9.00 Å². The Balaban J connectivity index is 1.88. The van der Waals surface area contributed by atoms with Crippen molar-refractivity contribution in [3.63, 3.8) is 0 Å². The predicted molar refractivity (Wildman–Crippen MR) is 102 cm³/mol. The van der Waals surface area contributed by atoms with E-state index >= 15 is 0 Å². The lowest BCUT2D eigenvalue weighted by Gasteiger charge is -2.36. The van der Waals surface area contributed by atoms with E-state index in [1.807, 2.05) is 0 Å². The second-order valence-corrected chi connectivity index (χ2v) is 12.8. The van der Waals surface area contributed by atoms with Gasteiger partial charge in [-0.25, -0.2) is 4.58 Å². The monoisotopic (exact) mass is 330 g/mol. The van der Waals surface area contributed by atoms with Crippen molar-refractivity contribution in [2.45, 2.75) is 58.3 Å². The molecule has 2 nitrogen and oxygen atoms in total. The number of hydrogen-bond acceptors (Lipinski definition) is 1. The van der Waals surface area contributed by atoms with Crippen molar-refractivity contribution in [3.8, 4) is 0 Å². The lowest BCUT2D eigenvalue weighted by Crippen LogP contribution is -2.41. The zero-order chi connectivity index (χ0) is 16.9. The van der Waals surface area contributed by atoms with E-state index in [0.29, 0.717) is 0 Å². The summed E-state index contributed by atoms with van der Waals surface area (Å²) >= 11 is 0. The standard InChI is InChI=1S/C20H32NOSi/c1-20(2,3)23(4,5)22-15-13-19-12-9-14-21(17-19)16-18-10-7-6-8-11-18/h6-8,10-12,17H,9,13-16H2,1-5H3/q+1. The number of nitrogens with zero attached hydrogens (tertiary/aromatic N) is 1. The Kier molecular flexibility index (Phi) is 5.98. The summed E-state index contributed by atoms with van der Waals surface area (Å²) in [6.45, 7) is 14.5. The molecule has 1 aliphatic heterocycles. The molecule has 0 aromatic heterocycles. The van der Waals surface area contributed by atoms with Crippen LogP contribution in [0.2, 0.25) is 18.1 Å². The maximum atomic E-state index is 6.31. The van der Waals surface area contributed by atoms with Gasteiger partial charge < -0.3 is 4.43 Å². The van der Waals surface area contributed by atoms with Crippen LogP contribution < -0.4 is 0 Å². The summed E-state index contributed by atoms with van der Waals surface area (Å²) in [5.41, 5.74) is 2.80. The van der Waals surface area contributed by atoms with Crippen LogP contribution in [0.4, 0.5) is 0 Å². The van der Waals surface area contributed by atoms with E-state index in [9.17, 15) is 0 Å². The molecule has 0 radical (unpaired) electrons. The molecule has 0 bridgehead atoms. The predicted octanol–water partition coefficient (Wildman–Crippen LogP) is 5.01. The van der Waals surface area contributed by atoms with E-state index in [-0.39, 0.29) is 5.04 Å². The molecule has 0 spiro atoms. The van der Waals surface area contributed by atoms with Gasteiger partial charge in [0, 0.05) is 30.6 Å². The van der Waals surface area contributed by atoms with Gasteiger partial charge in [-0.2, -0.15) is 0 Å². The molecule has 126 valence electrons. The highest BCUT2D eigenvalue weighted by molar-refractivity contribution is 6.74. The molecule has 0 saturated carbocycles. The summed E-state index contributed by atoms with van der Waals surface area (Å²) in [6, 6.07) is 10.7. The van der Waals surface area contributed by atoms with Gasteiger partial charge in [-0.1, -0.05) is 57.2 Å². The van der Waals surface area contributed by atoms with E-state index in [2.05, 4.69) is 81.1 Å². The molecule has 23 heavy (non-hydrogen) atoms. The van der Waals surface area contributed by atoms with Gasteiger partial charge in [-0.05, 0) is 18.1 Å². The largest absolute Gasteiger partial charge is 0.416 e. The highest BCUT2D eigenvalue weighted by Gasteiger charge is 2.36. The van der Waals surface area contributed by atoms with E-state index < -0.39 is 8.32 Å². The SMILES string of the molecule is CC(C)(C)[Si](C)(C)OCCC1=CCC[N+](Cc2ccccc2)=C1. The smallest absolute Gasteiger partial charge is 0.191 e. The number of benzene rings is 1. The van der Waals surface area contributed by atoms with Crippen LogP contribution >= 0.6 is 0 Å². The summed E-state index contributed by atoms with van der Waals surface area (Å²) in [5, 5.41) is 0.289. The molecule has 2 rings (SSSR count). The van der Waals surface area contributed by atoms with Crippen LogP contribution in [0.15, 0.2) is 42.0 Å². The molecular formula is C20H32NOSi+. The third-order valence-electron chi connectivity index (χ3n) is 5.06. The minimum absolute atomic E-state index is 0.289. The first kappa shape index (κ1) is 18.1. The highest BCUT2D eigenvalue weighted by atomic mass is 28.4. The van der Waals surface area contributed by atoms with Gasteiger partial charge in [0.05, 0.1) is 0 Å². The Morgan fingerprint density at radius 3 is 2.48 bits per heavy atom. The average molecular weight is 331 g/mol. The Labute approximate surface area is 143 Å². The lowest BCUT2D eigenvalue weighted by molar-refractivity contribution is -0.539. The van der Waals surface area contributed by atoms with E-state index in [1.165, 1.54) is 11.1 Å². The number of hydrogen-bond donors (Lipinski definition) is 0. The van der Waals surface area contributed by atoms with Gasteiger partial charge in [0.25, 0.3) is 0 Å². The van der Waals surface area contributed by atoms with Crippen LogP contribution in [0.3, 0.4) is 0 Å². The van der Waals surface area contributed by atoms with Crippen molar-refractivity contribution in [2.75, 3.05) is 13.2 Å². The lowest BCUT2D eigenvalue weighted by atomic mass is 10.1. The molecule has 1 aromatic carbocycles. The summed E-state index contributed by atoms with van der Waals surface area (Å²) in [5.74, 6) is 0. The van der Waals surface area contributed by atoms with Crippen molar-refractivity contribution >= 4 is 14.5 Å². The summed E-state index contributed by atoms with van der Waals surface area (Å²) in [6.07, 6.45) is 6.86. The van der Waals surface area contributed by atoms with Crippen molar-refractivity contribution in [1.82, 2.24) is 0 Å². The van der Waals surface area contributed by atoms with Gasteiger partial charge in [-0.15, -0.1) is 0 Å². The molecule has 0 atom stereocenters. The molecule has 1 heterocycles. The third kappa shape index (κ3) is 5.43. The van der Waals surface area contributed by atoms with E-state index in [4.69, 9.17) is 4.43 Å². The minimum atomic E-state index is -1.62. The zero-order valence-corrected chi connectivity index (χ0v) is 16.4. The second-order valence-electron chi connectivity index (χ2n) is 8.01. The van der Waals surface area contributed by atoms with Crippen LogP contribution in [0.5, 0.6) is 0 Å². The second kappa shape index (κ2) is 7.58. The quantitative estimate of drug-likeness (QED) is 0.527. The average Bonchev–Trinajstić information content (AvgIpc) is 2.47. The van der Waals surface area contributed by atoms with Gasteiger partial charge in [0.2, 0.25) is 0 Å². The number of rotatable bonds is 6. The minimum Gasteiger partial charge on any atom is -0.416 e. The first-order chi connectivity index (χ1) is 10.8. The maximum absolute atomic E-state index is 6.31. The fourth-order valence-electron chi connectivity index (χ4n) is 2.52. The Bertz CT molecular complexity index is 567. The zero-order valence-electron chi connectivity index (χ0n) is 15.4. The van der Waals surface area contributed by atoms with Crippen molar-refractivity contribution in [2.24, 2.45) is 0 Å². The van der Waals surface area contributed by atoms with Gasteiger partial charge in [0.15, 0.2) is 21.1 Å². The van der Waals surface area contributed by atoms with Gasteiger partial charge in [0.1, 0.15) is 6.54 Å². The fourth-order valence-corrected chi connectivity index (χ4v) is 3.56. The molecule has 0 amide bonds. The molecule has 0 fully saturated rings. The molecule has 0 unspecified atom stereocenters. The topological polar surface area (TPSA) is 12.2 Å². The summed E-state index contributed by atoms with van der Waals surface area (Å²) < 4.78 is 8.74. The normalized spacial score (nSPS) is 16.0. The first-order valence-electron chi connectivity index (χ1n) is 8.74. The summed E-state index contributed by atoms with van der Waals surface area (Å²) in [7, 11) is -1.62. The molecular weight excluding hydrogens is 298 g/mol. The molecule has 0 saturated heterocycles. The van der Waals surface area contributed by atoms with Crippen LogP contribution in [-0.2, 0) is 11.0 Å². The van der Waals surface area contributed by atoms with Crippen LogP contribution in [0.25, 0.3) is 0 Å². The highest BCUT2D eigenvalue weighted by Crippen LogP contribution is 2.36.